The number of esters is 4. The molecule has 2 N–H and O–H groups in total. The Morgan fingerprint density at radius 1 is 0.870 bits per heavy atom. The minimum atomic E-state index is -1.87. The van der Waals surface area contributed by atoms with Crippen LogP contribution in [-0.2, 0) is 49.3 Å². The van der Waals surface area contributed by atoms with E-state index in [0.29, 0.717) is 32.1 Å². The van der Waals surface area contributed by atoms with Crippen LogP contribution in [0.3, 0.4) is 0 Å². The quantitative estimate of drug-likeness (QED) is 0.202. The van der Waals surface area contributed by atoms with Crippen molar-refractivity contribution in [2.45, 2.75) is 136 Å². The van der Waals surface area contributed by atoms with E-state index < -0.39 is 89.1 Å². The van der Waals surface area contributed by atoms with Gasteiger partial charge in [-0.1, -0.05) is 0 Å². The summed E-state index contributed by atoms with van der Waals surface area (Å²) in [6, 6.07) is 3.76. The monoisotopic (exact) mass is 760 g/mol. The Morgan fingerprint density at radius 3 is 1.93 bits per heavy atom. The third kappa shape index (κ3) is 5.96. The van der Waals surface area contributed by atoms with Crippen LogP contribution in [0.15, 0.2) is 12.1 Å². The molecule has 0 spiro atoms. The third-order valence-corrected chi connectivity index (χ3v) is 16.4. The Kier molecular flexibility index (Phi) is 8.70. The van der Waals surface area contributed by atoms with Gasteiger partial charge in [0, 0.05) is 0 Å². The molecular weight excluding hydrogens is 708 g/mol. The Bertz CT molecular complexity index is 1400. The van der Waals surface area contributed by atoms with Crippen molar-refractivity contribution in [3.63, 3.8) is 0 Å². The molecule has 1 saturated heterocycles. The van der Waals surface area contributed by atoms with Gasteiger partial charge in [0.2, 0.25) is 0 Å². The number of carbonyl (C=O) groups is 4. The molecule has 4 saturated carbocycles. The Hall–Kier alpha value is -1.93. The van der Waals surface area contributed by atoms with Crippen LogP contribution in [-0.4, -0.2) is 78.4 Å². The molecule has 2 heterocycles. The van der Waals surface area contributed by atoms with Gasteiger partial charge in [0.1, 0.15) is 0 Å². The first-order chi connectivity index (χ1) is 20.9. The molecule has 1 aromatic heterocycles. The first-order valence-corrected chi connectivity index (χ1v) is 18.7. The van der Waals surface area contributed by atoms with E-state index in [1.54, 1.807) is 55.4 Å². The zero-order chi connectivity index (χ0) is 34.3. The molecule has 4 aliphatic carbocycles. The molecule has 4 atom stereocenters. The van der Waals surface area contributed by atoms with Crippen molar-refractivity contribution >= 4 is 44.3 Å². The van der Waals surface area contributed by atoms with Crippen molar-refractivity contribution < 1.29 is 48.3 Å². The van der Waals surface area contributed by atoms with Crippen molar-refractivity contribution in [1.82, 2.24) is 0 Å². The second kappa shape index (κ2) is 11.3. The van der Waals surface area contributed by atoms with Gasteiger partial charge >= 0.3 is 258 Å². The van der Waals surface area contributed by atoms with Gasteiger partial charge in [-0.05, 0) is 19.3 Å². The number of rotatable bonds is 10. The normalized spacial score (nSPS) is 30.8. The molecule has 256 valence electrons. The molecule has 0 radical (unpaired) electrons. The zero-order valence-corrected chi connectivity index (χ0v) is 30.9. The van der Waals surface area contributed by atoms with Crippen LogP contribution >= 0.6 is 0 Å². The molecule has 1 aliphatic heterocycles. The molecule has 4 unspecified atom stereocenters. The zero-order valence-electron chi connectivity index (χ0n) is 28.6. The minimum absolute atomic E-state index is 0.103. The summed E-state index contributed by atoms with van der Waals surface area (Å²) >= 11 is -1.01. The van der Waals surface area contributed by atoms with Gasteiger partial charge in [-0.2, -0.15) is 0 Å². The van der Waals surface area contributed by atoms with E-state index in [0.717, 1.165) is 13.6 Å². The fourth-order valence-corrected chi connectivity index (χ4v) is 11.5. The molecule has 1 aromatic rings. The van der Waals surface area contributed by atoms with E-state index in [9.17, 15) is 29.4 Å². The fourth-order valence-electron chi connectivity index (χ4n) is 8.51. The fraction of sp³-hybridized carbons (Fsp3) is 0.771. The van der Waals surface area contributed by atoms with Crippen molar-refractivity contribution in [3.05, 3.63) is 19.3 Å². The predicted octanol–water partition coefficient (Wildman–Crippen LogP) is 4.29. The summed E-state index contributed by atoms with van der Waals surface area (Å²) in [4.78, 5) is 55.4. The van der Waals surface area contributed by atoms with Crippen LogP contribution in [0.5, 0.6) is 0 Å². The Balaban J connectivity index is 1.47. The SMILES string of the molecule is CC(C)(O)c1ccc(C(C)(C)OC(=O)C(C)(C)C(C)(C(=O)OC2CCOC2=O)C(C)(C)C(=O)OC23CC4CC(CC(O)(C4)C2)C3)[te]1. The first kappa shape index (κ1) is 35.4. The molecular formula is C35H50O10Te. The molecule has 6 rings (SSSR count). The number of hydrogen-bond donors (Lipinski definition) is 2. The standard InChI is InChI=1S/C35H50O10Te/c1-29(2,26(37)44-32(7,8)24-11-10-23(46-24)31(5,6)40)33(9,28(39)43-22-12-13-42-25(22)36)30(3,4)27(38)45-35-17-20-14-21(18-35)16-34(41,15-20)19-35/h10-11,20-22,40-41H,12-19H2,1-9H3. The number of aliphatic hydroxyl groups is 2. The van der Waals surface area contributed by atoms with Gasteiger partial charge in [-0.3, -0.25) is 0 Å². The molecule has 0 aromatic carbocycles. The number of carbonyl (C=O) groups excluding carboxylic acids is 4. The third-order valence-electron chi connectivity index (χ3n) is 11.5. The molecule has 11 heteroatoms. The second-order valence-electron chi connectivity index (χ2n) is 16.6. The molecule has 46 heavy (non-hydrogen) atoms. The first-order valence-electron chi connectivity index (χ1n) is 16.3. The van der Waals surface area contributed by atoms with Crippen LogP contribution in [0, 0.1) is 28.1 Å². The number of cyclic esters (lactones) is 1. The van der Waals surface area contributed by atoms with E-state index in [1.165, 1.54) is 6.92 Å². The van der Waals surface area contributed by atoms with Crippen LogP contribution in [0.2, 0.25) is 0 Å². The van der Waals surface area contributed by atoms with Crippen molar-refractivity contribution in [2.75, 3.05) is 6.61 Å². The van der Waals surface area contributed by atoms with Gasteiger partial charge in [0.05, 0.1) is 0 Å². The predicted molar refractivity (Wildman–Crippen MR) is 167 cm³/mol. The molecule has 4 bridgehead atoms. The molecule has 10 nitrogen and oxygen atoms in total. The number of hydrogen-bond acceptors (Lipinski definition) is 10. The van der Waals surface area contributed by atoms with Crippen LogP contribution in [0.4, 0.5) is 0 Å². The van der Waals surface area contributed by atoms with E-state index >= 15 is 0 Å². The Labute approximate surface area is 281 Å². The van der Waals surface area contributed by atoms with Gasteiger partial charge in [-0.15, -0.1) is 0 Å². The summed E-state index contributed by atoms with van der Waals surface area (Å²) in [6.45, 7) is 14.9. The summed E-state index contributed by atoms with van der Waals surface area (Å²) in [6.07, 6.45) is 3.09. The molecule has 5 fully saturated rings. The van der Waals surface area contributed by atoms with Crippen molar-refractivity contribution in [3.8, 4) is 0 Å². The topological polar surface area (TPSA) is 146 Å². The molecule has 5 aliphatic rings. The maximum absolute atomic E-state index is 14.4. The van der Waals surface area contributed by atoms with E-state index in [-0.39, 0.29) is 24.9 Å². The van der Waals surface area contributed by atoms with Crippen molar-refractivity contribution in [1.29, 1.82) is 0 Å². The Morgan fingerprint density at radius 2 is 1.43 bits per heavy atom. The van der Waals surface area contributed by atoms with Crippen LogP contribution in [0.25, 0.3) is 0 Å². The van der Waals surface area contributed by atoms with Gasteiger partial charge in [-0.25, -0.2) is 0 Å². The second-order valence-corrected chi connectivity index (χ2v) is 19.7. The van der Waals surface area contributed by atoms with Gasteiger partial charge in [0.25, 0.3) is 0 Å². The average Bonchev–Trinajstić information content (AvgIpc) is 3.56. The van der Waals surface area contributed by atoms with Gasteiger partial charge < -0.3 is 5.11 Å². The van der Waals surface area contributed by atoms with E-state index in [1.807, 2.05) is 12.1 Å². The summed E-state index contributed by atoms with van der Waals surface area (Å²) in [5.74, 6) is -2.44. The van der Waals surface area contributed by atoms with Crippen LogP contribution in [0.1, 0.15) is 114 Å². The average molecular weight is 758 g/mol. The summed E-state index contributed by atoms with van der Waals surface area (Å²) in [7, 11) is 0. The number of ether oxygens (including phenoxy) is 4. The van der Waals surface area contributed by atoms with Crippen molar-refractivity contribution in [2.24, 2.45) is 28.1 Å². The maximum atomic E-state index is 14.4. The van der Waals surface area contributed by atoms with E-state index in [4.69, 9.17) is 18.9 Å². The van der Waals surface area contributed by atoms with E-state index in [2.05, 4.69) is 0 Å². The van der Waals surface area contributed by atoms with Gasteiger partial charge in [0.15, 0.2) is 0 Å². The summed E-state index contributed by atoms with van der Waals surface area (Å²) in [5.41, 5.74) is -8.92. The summed E-state index contributed by atoms with van der Waals surface area (Å²) < 4.78 is 25.1. The summed E-state index contributed by atoms with van der Waals surface area (Å²) in [5, 5.41) is 21.8. The van der Waals surface area contributed by atoms with Crippen LogP contribution < -0.4 is 0 Å². The molecule has 0 amide bonds.